The lowest BCUT2D eigenvalue weighted by molar-refractivity contribution is 0.577. The molecule has 0 aromatic carbocycles. The average molecular weight is 205 g/mol. The highest BCUT2D eigenvalue weighted by Gasteiger charge is 2.04. The van der Waals surface area contributed by atoms with Crippen LogP contribution in [0.15, 0.2) is 24.9 Å². The molecule has 0 amide bonds. The van der Waals surface area contributed by atoms with Gasteiger partial charge in [0.05, 0.1) is 30.5 Å². The van der Waals surface area contributed by atoms with Gasteiger partial charge in [0, 0.05) is 18.4 Å². The molecule has 0 bridgehead atoms. The van der Waals surface area contributed by atoms with Crippen molar-refractivity contribution >= 4 is 5.69 Å². The zero-order valence-corrected chi connectivity index (χ0v) is 8.94. The van der Waals surface area contributed by atoms with E-state index in [0.717, 1.165) is 12.2 Å². The molecule has 0 aliphatic rings. The van der Waals surface area contributed by atoms with Gasteiger partial charge >= 0.3 is 0 Å². The second-order valence-electron chi connectivity index (χ2n) is 3.73. The molecule has 0 fully saturated rings. The van der Waals surface area contributed by atoms with Crippen LogP contribution < -0.4 is 5.32 Å². The maximum atomic E-state index is 4.14. The number of imidazole rings is 1. The maximum Gasteiger partial charge on any atom is 0.0951 e. The van der Waals surface area contributed by atoms with Crippen molar-refractivity contribution in [1.29, 1.82) is 0 Å². The van der Waals surface area contributed by atoms with E-state index in [1.807, 2.05) is 18.7 Å². The fourth-order valence-electron chi connectivity index (χ4n) is 1.47. The topological polar surface area (TPSA) is 58.5 Å². The van der Waals surface area contributed by atoms with Crippen molar-refractivity contribution in [2.75, 3.05) is 5.32 Å². The normalized spacial score (nSPS) is 10.9. The number of rotatable bonds is 4. The summed E-state index contributed by atoms with van der Waals surface area (Å²) >= 11 is 0. The van der Waals surface area contributed by atoms with E-state index in [9.17, 15) is 0 Å². The minimum atomic E-state index is 0.439. The van der Waals surface area contributed by atoms with Crippen molar-refractivity contribution in [3.63, 3.8) is 0 Å². The first kappa shape index (κ1) is 9.76. The molecule has 0 saturated heterocycles. The van der Waals surface area contributed by atoms with Crippen LogP contribution in [0.3, 0.4) is 0 Å². The number of H-pyrrole nitrogens is 1. The van der Waals surface area contributed by atoms with Crippen molar-refractivity contribution in [3.8, 4) is 0 Å². The maximum absolute atomic E-state index is 4.14. The second kappa shape index (κ2) is 4.16. The van der Waals surface area contributed by atoms with E-state index >= 15 is 0 Å². The molecule has 15 heavy (non-hydrogen) atoms. The number of aromatic nitrogens is 4. The molecule has 2 aromatic heterocycles. The van der Waals surface area contributed by atoms with Crippen molar-refractivity contribution in [2.24, 2.45) is 0 Å². The number of anilines is 1. The summed E-state index contributed by atoms with van der Waals surface area (Å²) in [5, 5.41) is 9.90. The first-order chi connectivity index (χ1) is 7.27. The third kappa shape index (κ3) is 2.18. The van der Waals surface area contributed by atoms with Gasteiger partial charge < -0.3 is 9.88 Å². The van der Waals surface area contributed by atoms with Crippen LogP contribution in [0.25, 0.3) is 0 Å². The molecule has 0 aliphatic heterocycles. The summed E-state index contributed by atoms with van der Waals surface area (Å²) in [5.41, 5.74) is 2.16. The fourth-order valence-corrected chi connectivity index (χ4v) is 1.47. The molecular formula is C10H15N5. The molecule has 5 heteroatoms. The molecule has 5 nitrogen and oxygen atoms in total. The molecule has 2 rings (SSSR count). The Kier molecular flexibility index (Phi) is 2.71. The van der Waals surface area contributed by atoms with Gasteiger partial charge in [-0.3, -0.25) is 5.10 Å². The monoisotopic (exact) mass is 205 g/mol. The first-order valence-corrected chi connectivity index (χ1v) is 5.00. The summed E-state index contributed by atoms with van der Waals surface area (Å²) < 4.78 is 2.15. The Morgan fingerprint density at radius 1 is 1.47 bits per heavy atom. The molecule has 80 valence electrons. The van der Waals surface area contributed by atoms with Crippen LogP contribution in [0.1, 0.15) is 25.6 Å². The Hall–Kier alpha value is -1.78. The molecule has 2 N–H and O–H groups in total. The summed E-state index contributed by atoms with van der Waals surface area (Å²) in [6.45, 7) is 5.05. The predicted octanol–water partition coefficient (Wildman–Crippen LogP) is 1.80. The van der Waals surface area contributed by atoms with Gasteiger partial charge in [0.1, 0.15) is 0 Å². The van der Waals surface area contributed by atoms with E-state index in [0.29, 0.717) is 6.04 Å². The quantitative estimate of drug-likeness (QED) is 0.800. The molecular weight excluding hydrogens is 190 g/mol. The van der Waals surface area contributed by atoms with Crippen molar-refractivity contribution < 1.29 is 0 Å². The highest BCUT2D eigenvalue weighted by molar-refractivity contribution is 5.37. The number of nitrogens with one attached hydrogen (secondary N) is 2. The molecule has 2 aromatic rings. The van der Waals surface area contributed by atoms with Gasteiger partial charge in [-0.25, -0.2) is 4.98 Å². The van der Waals surface area contributed by atoms with Gasteiger partial charge in [-0.05, 0) is 13.8 Å². The molecule has 2 heterocycles. The van der Waals surface area contributed by atoms with Crippen molar-refractivity contribution in [2.45, 2.75) is 26.4 Å². The SMILES string of the molecule is CC(C)n1cncc1CNc1cn[nH]c1. The Morgan fingerprint density at radius 3 is 3.00 bits per heavy atom. The first-order valence-electron chi connectivity index (χ1n) is 5.00. The Bertz CT molecular complexity index is 401. The van der Waals surface area contributed by atoms with Crippen LogP contribution >= 0.6 is 0 Å². The van der Waals surface area contributed by atoms with Crippen molar-refractivity contribution in [1.82, 2.24) is 19.7 Å². The fraction of sp³-hybridized carbons (Fsp3) is 0.400. The Morgan fingerprint density at radius 2 is 2.33 bits per heavy atom. The third-order valence-electron chi connectivity index (χ3n) is 2.27. The standard InChI is InChI=1S/C10H15N5/c1-8(2)15-7-11-5-10(15)6-12-9-3-13-14-4-9/h3-5,7-8,12H,6H2,1-2H3,(H,13,14). The minimum Gasteiger partial charge on any atom is -0.377 e. The summed E-state index contributed by atoms with van der Waals surface area (Å²) in [7, 11) is 0. The van der Waals surface area contributed by atoms with Gasteiger partial charge in [-0.1, -0.05) is 0 Å². The third-order valence-corrected chi connectivity index (χ3v) is 2.27. The highest BCUT2D eigenvalue weighted by atomic mass is 15.1. The van der Waals surface area contributed by atoms with Crippen LogP contribution in [0, 0.1) is 0 Å². The van der Waals surface area contributed by atoms with E-state index in [4.69, 9.17) is 0 Å². The zero-order chi connectivity index (χ0) is 10.7. The van der Waals surface area contributed by atoms with Crippen LogP contribution in [-0.4, -0.2) is 19.7 Å². The molecule has 0 atom stereocenters. The number of hydrogen-bond donors (Lipinski definition) is 2. The smallest absolute Gasteiger partial charge is 0.0951 e. The zero-order valence-electron chi connectivity index (χ0n) is 8.94. The molecule has 0 spiro atoms. The second-order valence-corrected chi connectivity index (χ2v) is 3.73. The lowest BCUT2D eigenvalue weighted by atomic mass is 10.3. The lowest BCUT2D eigenvalue weighted by Crippen LogP contribution is -2.08. The Balaban J connectivity index is 2.02. The van der Waals surface area contributed by atoms with Crippen molar-refractivity contribution in [3.05, 3.63) is 30.6 Å². The van der Waals surface area contributed by atoms with Crippen LogP contribution in [0.2, 0.25) is 0 Å². The number of nitrogens with zero attached hydrogens (tertiary/aromatic N) is 3. The minimum absolute atomic E-state index is 0.439. The molecule has 0 radical (unpaired) electrons. The summed E-state index contributed by atoms with van der Waals surface area (Å²) in [5.74, 6) is 0. The molecule has 0 unspecified atom stereocenters. The largest absolute Gasteiger partial charge is 0.377 e. The predicted molar refractivity (Wildman–Crippen MR) is 58.5 cm³/mol. The lowest BCUT2D eigenvalue weighted by Gasteiger charge is -2.11. The highest BCUT2D eigenvalue weighted by Crippen LogP contribution is 2.10. The molecule has 0 aliphatic carbocycles. The van der Waals surface area contributed by atoms with Crippen LogP contribution in [-0.2, 0) is 6.54 Å². The van der Waals surface area contributed by atoms with E-state index in [2.05, 4.69) is 38.9 Å². The van der Waals surface area contributed by atoms with Gasteiger partial charge in [0.2, 0.25) is 0 Å². The van der Waals surface area contributed by atoms with E-state index in [1.54, 1.807) is 6.20 Å². The molecule has 0 saturated carbocycles. The Labute approximate surface area is 88.5 Å². The van der Waals surface area contributed by atoms with Crippen LogP contribution in [0.4, 0.5) is 5.69 Å². The number of aromatic amines is 1. The summed E-state index contributed by atoms with van der Waals surface area (Å²) in [6.07, 6.45) is 7.33. The van der Waals surface area contributed by atoms with E-state index < -0.39 is 0 Å². The van der Waals surface area contributed by atoms with Gasteiger partial charge in [0.15, 0.2) is 0 Å². The summed E-state index contributed by atoms with van der Waals surface area (Å²) in [6, 6.07) is 0.439. The van der Waals surface area contributed by atoms with Gasteiger partial charge in [-0.15, -0.1) is 0 Å². The summed E-state index contributed by atoms with van der Waals surface area (Å²) in [4.78, 5) is 4.14. The van der Waals surface area contributed by atoms with E-state index in [-0.39, 0.29) is 0 Å². The number of hydrogen-bond acceptors (Lipinski definition) is 3. The van der Waals surface area contributed by atoms with Gasteiger partial charge in [0.25, 0.3) is 0 Å². The van der Waals surface area contributed by atoms with Gasteiger partial charge in [-0.2, -0.15) is 5.10 Å². The van der Waals surface area contributed by atoms with E-state index in [1.165, 1.54) is 5.69 Å². The van der Waals surface area contributed by atoms with Crippen LogP contribution in [0.5, 0.6) is 0 Å². The average Bonchev–Trinajstić information content (AvgIpc) is 2.86.